The molecule has 0 bridgehead atoms. The zero-order chi connectivity index (χ0) is 48.7. The first-order valence-corrected chi connectivity index (χ1v) is 26.0. The summed E-state index contributed by atoms with van der Waals surface area (Å²) in [6, 6.07) is 58.9. The van der Waals surface area contributed by atoms with Crippen molar-refractivity contribution in [1.29, 1.82) is 0 Å². The van der Waals surface area contributed by atoms with Crippen LogP contribution in [0.25, 0.3) is 82.8 Å². The van der Waals surface area contributed by atoms with Gasteiger partial charge < -0.3 is 9.88 Å². The van der Waals surface area contributed by atoms with Crippen LogP contribution in [0.15, 0.2) is 152 Å². The Hall–Kier alpha value is -7.10. The summed E-state index contributed by atoms with van der Waals surface area (Å²) < 4.78 is 2.63. The fourth-order valence-electron chi connectivity index (χ4n) is 13.8. The van der Waals surface area contributed by atoms with Crippen LogP contribution in [0.3, 0.4) is 0 Å². The highest BCUT2D eigenvalue weighted by Crippen LogP contribution is 2.57. The molecule has 3 aliphatic carbocycles. The minimum atomic E-state index is -0.201. The maximum absolute atomic E-state index is 4.08. The standard InChI is InChI=1S/C68H60BN2/c1-38-19-24-42(25-20-38)70-59-37-55-48(49-35-56-57(36-54(49)68(55,9)10)66(5,6)30-29-65(56,3)4)34-50(59)51-33-47(41-23-26-45-44-17-13-14-18-52(44)67(7,8)53(45)32-41)61-46-27-22-40-15-11-12-16-43(40)63(46)71-60-28-21-39(2)31-58(60)69-62(51)64(61)71/h11-28,31-37,70H,29-30H2,1-10H3. The third-order valence-electron chi connectivity index (χ3n) is 18.0. The summed E-state index contributed by atoms with van der Waals surface area (Å²) in [5.74, 6) is 0. The van der Waals surface area contributed by atoms with Gasteiger partial charge in [-0.3, -0.25) is 0 Å². The van der Waals surface area contributed by atoms with Crippen LogP contribution in [0.5, 0.6) is 0 Å². The summed E-state index contributed by atoms with van der Waals surface area (Å²) >= 11 is 0. The molecule has 9 aromatic carbocycles. The van der Waals surface area contributed by atoms with Crippen molar-refractivity contribution in [2.75, 3.05) is 5.32 Å². The molecule has 0 saturated carbocycles. The predicted octanol–water partition coefficient (Wildman–Crippen LogP) is 16.6. The molecule has 0 spiro atoms. The van der Waals surface area contributed by atoms with E-state index in [1.54, 1.807) is 0 Å². The number of fused-ring (bicyclic) bond motifs is 14. The van der Waals surface area contributed by atoms with E-state index in [2.05, 4.69) is 238 Å². The third-order valence-corrected chi connectivity index (χ3v) is 18.0. The van der Waals surface area contributed by atoms with Gasteiger partial charge in [-0.15, -0.1) is 0 Å². The average Bonchev–Trinajstić information content (AvgIpc) is 3.91. The molecule has 1 aliphatic heterocycles. The topological polar surface area (TPSA) is 17.0 Å². The second-order valence-corrected chi connectivity index (χ2v) is 24.0. The number of nitrogens with one attached hydrogen (secondary N) is 1. The Labute approximate surface area is 420 Å². The number of aromatic nitrogens is 1. The van der Waals surface area contributed by atoms with Gasteiger partial charge in [0.2, 0.25) is 0 Å². The zero-order valence-electron chi connectivity index (χ0n) is 42.9. The Morgan fingerprint density at radius 1 is 0.451 bits per heavy atom. The maximum Gasteiger partial charge on any atom is 0.197 e. The second kappa shape index (κ2) is 14.3. The van der Waals surface area contributed by atoms with E-state index in [1.165, 1.54) is 151 Å². The number of anilines is 2. The third kappa shape index (κ3) is 5.90. The fraction of sp³-hybridized carbons (Fsp3) is 0.235. The fourth-order valence-corrected chi connectivity index (χ4v) is 13.8. The molecule has 0 fully saturated rings. The van der Waals surface area contributed by atoms with Crippen molar-refractivity contribution in [3.8, 4) is 50.2 Å². The molecule has 0 atom stereocenters. The molecule has 2 heterocycles. The Kier molecular flexibility index (Phi) is 8.60. The number of hydrogen-bond donors (Lipinski definition) is 1. The van der Waals surface area contributed by atoms with Gasteiger partial charge >= 0.3 is 0 Å². The van der Waals surface area contributed by atoms with Crippen LogP contribution in [0.1, 0.15) is 113 Å². The Morgan fingerprint density at radius 3 is 1.90 bits per heavy atom. The van der Waals surface area contributed by atoms with E-state index in [-0.39, 0.29) is 21.7 Å². The first kappa shape index (κ1) is 42.8. The Morgan fingerprint density at radius 2 is 1.10 bits per heavy atom. The highest BCUT2D eigenvalue weighted by molar-refractivity contribution is 6.73. The largest absolute Gasteiger partial charge is 0.355 e. The second-order valence-electron chi connectivity index (χ2n) is 24.0. The first-order valence-electron chi connectivity index (χ1n) is 26.0. The van der Waals surface area contributed by atoms with Gasteiger partial charge in [-0.1, -0.05) is 175 Å². The summed E-state index contributed by atoms with van der Waals surface area (Å²) in [6.07, 6.45) is 2.38. The number of nitrogens with zero attached hydrogens (tertiary/aromatic N) is 1. The monoisotopic (exact) mass is 915 g/mol. The molecule has 4 aliphatic rings. The molecule has 2 nitrogen and oxygen atoms in total. The SMILES string of the molecule is Cc1ccc(Nc2cc3c(cc2-c2cc(-c4ccc5c(c4)C(C)(C)c4ccccc4-5)c4c5ccc6ccccc6c5n5c4c2[B]c2cc(C)ccc2-5)-c2cc4c(cc2C3(C)C)C(C)(C)CCC4(C)C)cc1. The Balaban J connectivity index is 1.13. The van der Waals surface area contributed by atoms with Crippen molar-refractivity contribution >= 4 is 62.2 Å². The van der Waals surface area contributed by atoms with Crippen LogP contribution < -0.4 is 16.2 Å². The van der Waals surface area contributed by atoms with E-state index < -0.39 is 0 Å². The van der Waals surface area contributed by atoms with Crippen molar-refractivity contribution in [3.63, 3.8) is 0 Å². The van der Waals surface area contributed by atoms with E-state index in [0.717, 1.165) is 11.4 Å². The molecule has 14 rings (SSSR count). The minimum Gasteiger partial charge on any atom is -0.355 e. The summed E-state index contributed by atoms with van der Waals surface area (Å²) in [4.78, 5) is 0. The van der Waals surface area contributed by atoms with E-state index in [9.17, 15) is 0 Å². The molecule has 10 aromatic rings. The molecular formula is C68H60BN2. The van der Waals surface area contributed by atoms with Gasteiger partial charge in [-0.05, 0) is 169 Å². The number of rotatable bonds is 4. The van der Waals surface area contributed by atoms with E-state index in [1.807, 2.05) is 0 Å². The number of benzene rings is 9. The van der Waals surface area contributed by atoms with Crippen molar-refractivity contribution in [1.82, 2.24) is 4.57 Å². The van der Waals surface area contributed by atoms with Crippen LogP contribution in [0, 0.1) is 13.8 Å². The lowest BCUT2D eigenvalue weighted by Crippen LogP contribution is -2.37. The lowest BCUT2D eigenvalue weighted by Gasteiger charge is -2.42. The molecule has 3 heteroatoms. The summed E-state index contributed by atoms with van der Waals surface area (Å²) in [5.41, 5.74) is 29.9. The minimum absolute atomic E-state index is 0.0938. The lowest BCUT2D eigenvalue weighted by molar-refractivity contribution is 0.331. The van der Waals surface area contributed by atoms with Gasteiger partial charge in [-0.25, -0.2) is 0 Å². The van der Waals surface area contributed by atoms with Gasteiger partial charge in [0.15, 0.2) is 7.28 Å². The number of hydrogen-bond acceptors (Lipinski definition) is 1. The highest BCUT2D eigenvalue weighted by Gasteiger charge is 2.44. The van der Waals surface area contributed by atoms with E-state index in [4.69, 9.17) is 0 Å². The van der Waals surface area contributed by atoms with Crippen LogP contribution in [-0.2, 0) is 21.7 Å². The van der Waals surface area contributed by atoms with Gasteiger partial charge in [-0.2, -0.15) is 0 Å². The zero-order valence-corrected chi connectivity index (χ0v) is 42.9. The van der Waals surface area contributed by atoms with Crippen LogP contribution in [0.4, 0.5) is 11.4 Å². The van der Waals surface area contributed by atoms with Gasteiger partial charge in [0, 0.05) is 55.1 Å². The average molecular weight is 916 g/mol. The van der Waals surface area contributed by atoms with Crippen LogP contribution in [0.2, 0.25) is 0 Å². The normalized spacial score (nSPS) is 16.8. The number of aryl methyl sites for hydroxylation is 2. The molecule has 1 N–H and O–H groups in total. The van der Waals surface area contributed by atoms with Crippen LogP contribution >= 0.6 is 0 Å². The van der Waals surface area contributed by atoms with Gasteiger partial charge in [0.05, 0.1) is 5.52 Å². The van der Waals surface area contributed by atoms with Crippen molar-refractivity contribution in [3.05, 3.63) is 196 Å². The van der Waals surface area contributed by atoms with Crippen molar-refractivity contribution in [2.24, 2.45) is 0 Å². The molecule has 71 heavy (non-hydrogen) atoms. The predicted molar refractivity (Wildman–Crippen MR) is 304 cm³/mol. The first-order chi connectivity index (χ1) is 34.0. The van der Waals surface area contributed by atoms with E-state index in [0.29, 0.717) is 0 Å². The smallest absolute Gasteiger partial charge is 0.197 e. The highest BCUT2D eigenvalue weighted by atomic mass is 15.0. The molecular weight excluding hydrogens is 856 g/mol. The molecule has 1 radical (unpaired) electrons. The van der Waals surface area contributed by atoms with Gasteiger partial charge in [0.1, 0.15) is 0 Å². The Bertz CT molecular complexity index is 4000. The maximum atomic E-state index is 4.08. The molecule has 345 valence electrons. The van der Waals surface area contributed by atoms with Gasteiger partial charge in [0.25, 0.3) is 0 Å². The summed E-state index contributed by atoms with van der Waals surface area (Å²) in [6.45, 7) is 24.0. The molecule has 1 aromatic heterocycles. The molecule has 0 amide bonds. The lowest BCUT2D eigenvalue weighted by atomic mass is 9.58. The summed E-state index contributed by atoms with van der Waals surface area (Å²) in [5, 5.41) is 9.18. The molecule has 0 unspecified atom stereocenters. The van der Waals surface area contributed by atoms with Crippen molar-refractivity contribution < 1.29 is 0 Å². The van der Waals surface area contributed by atoms with E-state index >= 15 is 0 Å². The quantitative estimate of drug-likeness (QED) is 0.174. The summed E-state index contributed by atoms with van der Waals surface area (Å²) in [7, 11) is 2.51. The molecule has 0 saturated heterocycles. The van der Waals surface area contributed by atoms with Crippen LogP contribution in [-0.4, -0.2) is 11.8 Å². The van der Waals surface area contributed by atoms with Crippen molar-refractivity contribution in [2.45, 2.75) is 104 Å².